The SMILES string of the molecule is COC(=O)/C(C)=C\CC12OC(C)(C)C3CC(C1=O)C(N1CCOCC1)C1C(=O)c4c(OC(=O)C(C)CC(=O)c5ccc(O[C@@H]6O[C@H](CO)[C@@H](O)[C@H](O)[C@H]6O)cc5)c5c(c(CC=C(C)C)c4OC132)OC(C)(CCC=C(C)C)C=C5. The lowest BCUT2D eigenvalue weighted by Gasteiger charge is -2.64. The zero-order valence-electron chi connectivity index (χ0n) is 46.3. The first kappa shape index (κ1) is 57.1. The topological polar surface area (TPSA) is 243 Å². The van der Waals surface area contributed by atoms with Crippen LogP contribution >= 0.6 is 0 Å². The predicted octanol–water partition coefficient (Wildman–Crippen LogP) is 6.01. The van der Waals surface area contributed by atoms with Gasteiger partial charge < -0.3 is 58.3 Å². The molecule has 18 heteroatoms. The number of hydrogen-bond acceptors (Lipinski definition) is 18. The number of esters is 2. The summed E-state index contributed by atoms with van der Waals surface area (Å²) in [5.41, 5.74) is -1.76. The number of rotatable bonds is 17. The lowest BCUT2D eigenvalue weighted by molar-refractivity contribution is -0.277. The van der Waals surface area contributed by atoms with Crippen molar-refractivity contribution in [3.8, 4) is 23.0 Å². The van der Waals surface area contributed by atoms with Gasteiger partial charge in [-0.15, -0.1) is 0 Å². The number of nitrogens with zero attached hydrogens (tertiary/aromatic N) is 1. The second-order valence-electron chi connectivity index (χ2n) is 23.3. The van der Waals surface area contributed by atoms with Crippen molar-refractivity contribution in [2.45, 2.75) is 160 Å². The molecule has 8 unspecified atom stereocenters. The Morgan fingerprint density at radius 3 is 2.24 bits per heavy atom. The third kappa shape index (κ3) is 9.87. The molecule has 1 spiro atoms. The molecule has 10 rings (SSSR count). The number of aliphatic hydroxyl groups is 4. The third-order valence-electron chi connectivity index (χ3n) is 17.0. The maximum Gasteiger partial charge on any atom is 0.333 e. The van der Waals surface area contributed by atoms with E-state index < -0.39 is 113 Å². The molecule has 78 heavy (non-hydrogen) atoms. The number of carbonyl (C=O) groups is 5. The fourth-order valence-electron chi connectivity index (χ4n) is 13.1. The molecule has 4 N–H and O–H groups in total. The number of Topliss-reactive ketones (excluding diaryl/α,β-unsaturated/α-hetero) is 3. The Bertz CT molecular complexity index is 2830. The molecule has 2 aromatic rings. The van der Waals surface area contributed by atoms with Gasteiger partial charge in [0.15, 0.2) is 34.3 Å². The molecule has 4 bridgehead atoms. The molecule has 8 aliphatic rings. The van der Waals surface area contributed by atoms with Crippen LogP contribution in [-0.4, -0.2) is 154 Å². The van der Waals surface area contributed by atoms with E-state index >= 15 is 9.59 Å². The van der Waals surface area contributed by atoms with Crippen molar-refractivity contribution < 1.29 is 82.3 Å². The Hall–Kier alpha value is -5.57. The number of morpholine rings is 1. The van der Waals surface area contributed by atoms with Crippen LogP contribution in [0.2, 0.25) is 0 Å². The van der Waals surface area contributed by atoms with Crippen molar-refractivity contribution in [3.63, 3.8) is 0 Å². The standard InChI is InChI=1S/C60H75NO17/c1-31(2)12-11-21-58(9)22-20-38-50(76-58)37(18-13-32(3)4)52-43(51(38)75-55(70)34(6)28-40(63)35-14-16-36(17-15-35)73-56-49(67)48(66)46(64)41(30-62)74-56)47(65)44-45(61-24-26-72-27-25-61)39-29-42-57(7,8)78-59(53(39)68,60(42,44)77-52)23-19-33(5)54(69)71-10/h12-17,19-20,22,34,39,41-42,44-46,48-49,56,62,64,66-67H,11,18,21,23-30H2,1-10H3/b33-19-/t34?,39?,41-,42?,44?,45?,46-,48+,49-,56-,58?,59?,60?/m1/s1. The summed E-state index contributed by atoms with van der Waals surface area (Å²) in [5, 5.41) is 40.5. The van der Waals surface area contributed by atoms with Crippen molar-refractivity contribution in [1.29, 1.82) is 0 Å². The average Bonchev–Trinajstić information content (AvgIpc) is 3.82. The third-order valence-corrected chi connectivity index (χ3v) is 17.0. The fraction of sp³-hybridized carbons (Fsp3) is 0.583. The molecule has 13 atom stereocenters. The van der Waals surface area contributed by atoms with Crippen molar-refractivity contribution in [3.05, 3.63) is 87.5 Å². The van der Waals surface area contributed by atoms with Crippen molar-refractivity contribution in [2.75, 3.05) is 40.0 Å². The number of carbonyl (C=O) groups excluding carboxylic acids is 5. The minimum Gasteiger partial charge on any atom is -0.482 e. The molecule has 18 nitrogen and oxygen atoms in total. The molecule has 0 aromatic heterocycles. The van der Waals surface area contributed by atoms with Gasteiger partial charge in [-0.2, -0.15) is 0 Å². The number of benzene rings is 2. The summed E-state index contributed by atoms with van der Waals surface area (Å²) in [6, 6.07) is 5.15. The van der Waals surface area contributed by atoms with E-state index in [1.54, 1.807) is 19.9 Å². The predicted molar refractivity (Wildman–Crippen MR) is 283 cm³/mol. The first-order chi connectivity index (χ1) is 36.9. The van der Waals surface area contributed by atoms with Gasteiger partial charge in [-0.05, 0) is 117 Å². The monoisotopic (exact) mass is 1080 g/mol. The Morgan fingerprint density at radius 2 is 1.59 bits per heavy atom. The fourth-order valence-corrected chi connectivity index (χ4v) is 13.1. The lowest BCUT2D eigenvalue weighted by Crippen LogP contribution is -2.82. The summed E-state index contributed by atoms with van der Waals surface area (Å²) in [7, 11) is 1.29. The molecule has 5 aliphatic heterocycles. The molecular weight excluding hydrogens is 1010 g/mol. The second-order valence-corrected chi connectivity index (χ2v) is 23.3. The maximum absolute atomic E-state index is 16.6. The molecule has 0 radical (unpaired) electrons. The minimum atomic E-state index is -1.75. The van der Waals surface area contributed by atoms with Gasteiger partial charge in [0.1, 0.15) is 52.8 Å². The molecule has 3 saturated carbocycles. The van der Waals surface area contributed by atoms with Gasteiger partial charge in [0.2, 0.25) is 6.29 Å². The lowest BCUT2D eigenvalue weighted by atomic mass is 9.44. The van der Waals surface area contributed by atoms with Crippen molar-refractivity contribution in [2.24, 2.45) is 23.7 Å². The summed E-state index contributed by atoms with van der Waals surface area (Å²) in [6.07, 6.45) is 3.52. The highest BCUT2D eigenvalue weighted by molar-refractivity contribution is 6.11. The van der Waals surface area contributed by atoms with E-state index in [2.05, 4.69) is 11.0 Å². The number of ketones is 3. The van der Waals surface area contributed by atoms with E-state index in [0.29, 0.717) is 62.4 Å². The number of fused-ring (bicyclic) bond motifs is 2. The molecule has 422 valence electrons. The summed E-state index contributed by atoms with van der Waals surface area (Å²) in [4.78, 5) is 76.2. The van der Waals surface area contributed by atoms with E-state index in [0.717, 1.165) is 11.1 Å². The number of hydrogen-bond donors (Lipinski definition) is 4. The number of allylic oxidation sites excluding steroid dienone is 4. The first-order valence-corrected chi connectivity index (χ1v) is 27.2. The smallest absolute Gasteiger partial charge is 0.333 e. The number of ether oxygens (including phenoxy) is 8. The Balaban J connectivity index is 1.15. The molecule has 5 heterocycles. The van der Waals surface area contributed by atoms with Crippen LogP contribution in [0.5, 0.6) is 23.0 Å². The van der Waals surface area contributed by atoms with Crippen LogP contribution in [0.4, 0.5) is 0 Å². The summed E-state index contributed by atoms with van der Waals surface area (Å²) < 4.78 is 50.7. The van der Waals surface area contributed by atoms with Gasteiger partial charge in [-0.25, -0.2) is 4.79 Å². The van der Waals surface area contributed by atoms with E-state index in [4.69, 9.17) is 37.9 Å². The van der Waals surface area contributed by atoms with Crippen LogP contribution < -0.4 is 18.9 Å². The van der Waals surface area contributed by atoms with Gasteiger partial charge in [-0.1, -0.05) is 36.3 Å². The van der Waals surface area contributed by atoms with Crippen LogP contribution in [0.3, 0.4) is 0 Å². The minimum absolute atomic E-state index is 0.0247. The van der Waals surface area contributed by atoms with Crippen LogP contribution in [0.15, 0.2) is 65.3 Å². The largest absolute Gasteiger partial charge is 0.482 e. The van der Waals surface area contributed by atoms with E-state index in [1.807, 2.05) is 66.7 Å². The highest BCUT2D eigenvalue weighted by Crippen LogP contribution is 2.71. The van der Waals surface area contributed by atoms with Crippen LogP contribution in [0.25, 0.3) is 6.08 Å². The molecule has 6 fully saturated rings. The summed E-state index contributed by atoms with van der Waals surface area (Å²) in [5.74, 6) is -5.17. The van der Waals surface area contributed by atoms with Crippen LogP contribution in [-0.2, 0) is 39.8 Å². The van der Waals surface area contributed by atoms with Gasteiger partial charge in [-0.3, -0.25) is 24.1 Å². The Morgan fingerprint density at radius 1 is 0.897 bits per heavy atom. The zero-order chi connectivity index (χ0) is 56.4. The maximum atomic E-state index is 16.6. The van der Waals surface area contributed by atoms with E-state index in [-0.39, 0.29) is 59.0 Å². The Labute approximate surface area is 455 Å². The van der Waals surface area contributed by atoms with Crippen molar-refractivity contribution >= 4 is 35.4 Å². The zero-order valence-corrected chi connectivity index (χ0v) is 46.3. The summed E-state index contributed by atoms with van der Waals surface area (Å²) >= 11 is 0. The van der Waals surface area contributed by atoms with Crippen LogP contribution in [0, 0.1) is 23.7 Å². The van der Waals surface area contributed by atoms with E-state index in [1.165, 1.54) is 31.4 Å². The highest BCUT2D eigenvalue weighted by atomic mass is 16.7. The molecule has 3 saturated heterocycles. The number of aliphatic hydroxyl groups excluding tert-OH is 4. The number of methoxy groups -OCH3 is 1. The molecular formula is C60H75NO17. The molecule has 2 aromatic carbocycles. The molecule has 3 aliphatic carbocycles. The summed E-state index contributed by atoms with van der Waals surface area (Å²) in [6.45, 7) is 18.0. The van der Waals surface area contributed by atoms with Crippen LogP contribution in [0.1, 0.15) is 126 Å². The second kappa shape index (κ2) is 21.8. The first-order valence-electron chi connectivity index (χ1n) is 27.2. The van der Waals surface area contributed by atoms with Gasteiger partial charge in [0.05, 0.1) is 49.9 Å². The van der Waals surface area contributed by atoms with Gasteiger partial charge >= 0.3 is 11.9 Å². The normalized spacial score (nSPS) is 32.8. The molecule has 0 amide bonds. The highest BCUT2D eigenvalue weighted by Gasteiger charge is 2.86. The average molecular weight is 1080 g/mol. The van der Waals surface area contributed by atoms with Crippen molar-refractivity contribution in [1.82, 2.24) is 4.90 Å². The quantitative estimate of drug-likeness (QED) is 0.0466. The van der Waals surface area contributed by atoms with Gasteiger partial charge in [0, 0.05) is 60.5 Å². The van der Waals surface area contributed by atoms with Gasteiger partial charge in [0.25, 0.3) is 0 Å². The Kier molecular flexibility index (Phi) is 16.0. The van der Waals surface area contributed by atoms with E-state index in [9.17, 15) is 34.8 Å².